The van der Waals surface area contributed by atoms with Crippen molar-refractivity contribution in [1.82, 2.24) is 20.3 Å². The molecule has 1 amide bonds. The quantitative estimate of drug-likeness (QED) is 0.451. The van der Waals surface area contributed by atoms with Crippen LogP contribution in [0.15, 0.2) is 66.6 Å². The van der Waals surface area contributed by atoms with E-state index in [2.05, 4.69) is 27.2 Å². The Morgan fingerprint density at radius 1 is 1.06 bits per heavy atom. The van der Waals surface area contributed by atoms with Crippen LogP contribution in [-0.2, 0) is 6.18 Å². The van der Waals surface area contributed by atoms with Crippen LogP contribution in [0.25, 0.3) is 5.57 Å². The van der Waals surface area contributed by atoms with Crippen LogP contribution < -0.4 is 10.1 Å². The van der Waals surface area contributed by atoms with Gasteiger partial charge in [-0.15, -0.1) is 0 Å². The summed E-state index contributed by atoms with van der Waals surface area (Å²) in [6.45, 7) is 2.09. The van der Waals surface area contributed by atoms with Gasteiger partial charge in [-0.1, -0.05) is 24.6 Å². The number of amides is 1. The van der Waals surface area contributed by atoms with Crippen molar-refractivity contribution in [1.29, 1.82) is 0 Å². The number of aromatic nitrogens is 3. The Kier molecular flexibility index (Phi) is 7.43. The van der Waals surface area contributed by atoms with E-state index in [1.807, 2.05) is 18.2 Å². The fourth-order valence-electron chi connectivity index (χ4n) is 4.21. The van der Waals surface area contributed by atoms with E-state index in [4.69, 9.17) is 4.74 Å². The first-order valence-electron chi connectivity index (χ1n) is 11.4. The molecule has 2 heterocycles. The number of rotatable bonds is 6. The Labute approximate surface area is 201 Å². The number of hydrogen-bond acceptors (Lipinski definition) is 5. The molecule has 9 heteroatoms. The molecule has 6 nitrogen and oxygen atoms in total. The van der Waals surface area contributed by atoms with Crippen molar-refractivity contribution in [3.05, 3.63) is 83.6 Å². The molecule has 0 saturated heterocycles. The maximum Gasteiger partial charge on any atom is 0.417 e. The van der Waals surface area contributed by atoms with E-state index in [0.717, 1.165) is 49.9 Å². The molecule has 0 atom stereocenters. The van der Waals surface area contributed by atoms with Gasteiger partial charge in [0.15, 0.2) is 0 Å². The van der Waals surface area contributed by atoms with Crippen LogP contribution in [0.2, 0.25) is 0 Å². The van der Waals surface area contributed by atoms with E-state index in [9.17, 15) is 18.0 Å². The Bertz CT molecular complexity index is 1190. The molecule has 3 aromatic rings. The van der Waals surface area contributed by atoms with Crippen molar-refractivity contribution in [3.63, 3.8) is 0 Å². The normalized spacial score (nSPS) is 16.0. The van der Waals surface area contributed by atoms with Crippen molar-refractivity contribution in [2.75, 3.05) is 0 Å². The zero-order chi connectivity index (χ0) is 24.8. The van der Waals surface area contributed by atoms with E-state index in [-0.39, 0.29) is 23.7 Å². The molecule has 1 N–H and O–H groups in total. The van der Waals surface area contributed by atoms with Gasteiger partial charge in [-0.3, -0.25) is 4.79 Å². The molecular formula is C26H25F3N4O2. The third kappa shape index (κ3) is 6.23. The summed E-state index contributed by atoms with van der Waals surface area (Å²) in [6, 6.07) is 11.4. The Morgan fingerprint density at radius 3 is 2.43 bits per heavy atom. The zero-order valence-electron chi connectivity index (χ0n) is 19.2. The highest BCUT2D eigenvalue weighted by atomic mass is 19.4. The summed E-state index contributed by atoms with van der Waals surface area (Å²) >= 11 is 0. The minimum absolute atomic E-state index is 0.0635. The van der Waals surface area contributed by atoms with Crippen LogP contribution in [0, 0.1) is 0 Å². The van der Waals surface area contributed by atoms with Gasteiger partial charge < -0.3 is 10.1 Å². The van der Waals surface area contributed by atoms with Crippen LogP contribution in [0.5, 0.6) is 11.6 Å². The standard InChI is InChI=1S/C26H25F3N4O2/c1-2-22(17-7-10-20(11-8-17)33-25(34)24-30-13-4-14-31-24)18-5-3-6-21(15-18)35-23-12-9-19(16-32-23)26(27,28)29/h3-6,9,12-16,20H,2,7-8,10-11H2,1H3,(H,33,34). The van der Waals surface area contributed by atoms with Crippen LogP contribution in [0.1, 0.15) is 60.8 Å². The average molecular weight is 483 g/mol. The molecule has 0 bridgehead atoms. The number of halogens is 3. The van der Waals surface area contributed by atoms with Gasteiger partial charge in [0.05, 0.1) is 5.56 Å². The molecule has 0 radical (unpaired) electrons. The minimum Gasteiger partial charge on any atom is -0.439 e. The number of hydrogen-bond donors (Lipinski definition) is 1. The number of carbonyl (C=O) groups is 1. The number of allylic oxidation sites excluding steroid dienone is 2. The molecule has 182 valence electrons. The van der Waals surface area contributed by atoms with Gasteiger partial charge in [0.25, 0.3) is 5.91 Å². The van der Waals surface area contributed by atoms with Gasteiger partial charge in [-0.2, -0.15) is 13.2 Å². The summed E-state index contributed by atoms with van der Waals surface area (Å²) in [7, 11) is 0. The smallest absolute Gasteiger partial charge is 0.417 e. The highest BCUT2D eigenvalue weighted by molar-refractivity contribution is 5.90. The summed E-state index contributed by atoms with van der Waals surface area (Å²) < 4.78 is 44.0. The number of alkyl halides is 3. The Balaban J connectivity index is 1.42. The molecule has 1 aromatic carbocycles. The Hall–Kier alpha value is -3.75. The fourth-order valence-corrected chi connectivity index (χ4v) is 4.21. The summed E-state index contributed by atoms with van der Waals surface area (Å²) in [6.07, 6.45) is 3.60. The van der Waals surface area contributed by atoms with Crippen molar-refractivity contribution in [2.45, 2.75) is 51.2 Å². The van der Waals surface area contributed by atoms with Crippen molar-refractivity contribution < 1.29 is 22.7 Å². The lowest BCUT2D eigenvalue weighted by molar-refractivity contribution is -0.137. The molecule has 4 rings (SSSR count). The molecule has 1 saturated carbocycles. The second-order valence-electron chi connectivity index (χ2n) is 8.27. The highest BCUT2D eigenvalue weighted by Crippen LogP contribution is 2.35. The predicted octanol–water partition coefficient (Wildman–Crippen LogP) is 6.22. The van der Waals surface area contributed by atoms with E-state index in [1.54, 1.807) is 24.5 Å². The lowest BCUT2D eigenvalue weighted by Crippen LogP contribution is -2.37. The van der Waals surface area contributed by atoms with Crippen molar-refractivity contribution in [2.24, 2.45) is 0 Å². The van der Waals surface area contributed by atoms with E-state index >= 15 is 0 Å². The third-order valence-electron chi connectivity index (χ3n) is 5.94. The van der Waals surface area contributed by atoms with E-state index in [0.29, 0.717) is 5.75 Å². The molecule has 0 aliphatic heterocycles. The first kappa shape index (κ1) is 24.4. The third-order valence-corrected chi connectivity index (χ3v) is 5.94. The lowest BCUT2D eigenvalue weighted by atomic mass is 9.85. The van der Waals surface area contributed by atoms with Gasteiger partial charge in [-0.05, 0) is 67.5 Å². The number of nitrogens with zero attached hydrogens (tertiary/aromatic N) is 3. The molecular weight excluding hydrogens is 457 g/mol. The summed E-state index contributed by atoms with van der Waals surface area (Å²) in [4.78, 5) is 24.1. The topological polar surface area (TPSA) is 77.0 Å². The second-order valence-corrected chi connectivity index (χ2v) is 8.27. The minimum atomic E-state index is -4.44. The van der Waals surface area contributed by atoms with E-state index < -0.39 is 11.7 Å². The number of benzene rings is 1. The number of carbonyl (C=O) groups excluding carboxylic acids is 1. The summed E-state index contributed by atoms with van der Waals surface area (Å²) in [5, 5.41) is 3.02. The monoisotopic (exact) mass is 482 g/mol. The SMILES string of the molecule is CCC(=C1CCC(NC(=O)c2ncccn2)CC1)c1cccc(Oc2ccc(C(F)(F)F)cn2)c1. The van der Waals surface area contributed by atoms with Crippen molar-refractivity contribution >= 4 is 11.5 Å². The molecule has 1 aliphatic rings. The van der Waals surface area contributed by atoms with Crippen LogP contribution >= 0.6 is 0 Å². The zero-order valence-corrected chi connectivity index (χ0v) is 19.2. The first-order valence-corrected chi connectivity index (χ1v) is 11.4. The van der Waals surface area contributed by atoms with Gasteiger partial charge in [-0.25, -0.2) is 15.0 Å². The molecule has 2 aromatic heterocycles. The molecule has 1 aliphatic carbocycles. The fraction of sp³-hybridized carbons (Fsp3) is 0.308. The summed E-state index contributed by atoms with van der Waals surface area (Å²) in [5.74, 6) is 0.507. The lowest BCUT2D eigenvalue weighted by Gasteiger charge is -2.27. The van der Waals surface area contributed by atoms with Gasteiger partial charge in [0.1, 0.15) is 5.75 Å². The maximum atomic E-state index is 12.8. The second kappa shape index (κ2) is 10.7. The van der Waals surface area contributed by atoms with E-state index in [1.165, 1.54) is 17.2 Å². The number of pyridine rings is 1. The van der Waals surface area contributed by atoms with Gasteiger partial charge in [0.2, 0.25) is 11.7 Å². The molecule has 0 unspecified atom stereocenters. The maximum absolute atomic E-state index is 12.8. The Morgan fingerprint density at radius 2 is 1.80 bits per heavy atom. The first-order chi connectivity index (χ1) is 16.8. The van der Waals surface area contributed by atoms with Crippen molar-refractivity contribution in [3.8, 4) is 11.6 Å². The van der Waals surface area contributed by atoms with Crippen LogP contribution in [-0.4, -0.2) is 26.9 Å². The average Bonchev–Trinajstić information content (AvgIpc) is 2.86. The van der Waals surface area contributed by atoms with Crippen LogP contribution in [0.3, 0.4) is 0 Å². The number of nitrogens with one attached hydrogen (secondary N) is 1. The summed E-state index contributed by atoms with van der Waals surface area (Å²) in [5.41, 5.74) is 2.73. The molecule has 0 spiro atoms. The molecule has 1 fully saturated rings. The largest absolute Gasteiger partial charge is 0.439 e. The number of ether oxygens (including phenoxy) is 1. The highest BCUT2D eigenvalue weighted by Gasteiger charge is 2.30. The van der Waals surface area contributed by atoms with Gasteiger partial charge in [0, 0.05) is 30.7 Å². The van der Waals surface area contributed by atoms with Gasteiger partial charge >= 0.3 is 6.18 Å². The molecule has 35 heavy (non-hydrogen) atoms. The predicted molar refractivity (Wildman–Crippen MR) is 125 cm³/mol. The van der Waals surface area contributed by atoms with Crippen LogP contribution in [0.4, 0.5) is 13.2 Å².